The number of anilines is 1. The molecular weight excluding hydrogens is 520 g/mol. The van der Waals surface area contributed by atoms with Crippen molar-refractivity contribution in [2.75, 3.05) is 5.73 Å². The number of nitrogens with one attached hydrogen (secondary N) is 1. The quantitative estimate of drug-likeness (QED) is 0.293. The van der Waals surface area contributed by atoms with Crippen LogP contribution >= 0.6 is 0 Å². The molecule has 11 nitrogen and oxygen atoms in total. The van der Waals surface area contributed by atoms with E-state index in [1.54, 1.807) is 53.9 Å². The van der Waals surface area contributed by atoms with Gasteiger partial charge in [-0.05, 0) is 42.1 Å². The number of carbonyl (C=O) groups is 2. The predicted octanol–water partition coefficient (Wildman–Crippen LogP) is 3.27. The van der Waals surface area contributed by atoms with Crippen LogP contribution in [0.4, 0.5) is 5.82 Å². The molecule has 2 aromatic carbocycles. The number of pyridine rings is 1. The van der Waals surface area contributed by atoms with E-state index in [2.05, 4.69) is 20.5 Å². The average Bonchev–Trinajstić information content (AvgIpc) is 3.55. The number of nitrogen functional groups attached to an aromatic ring is 1. The summed E-state index contributed by atoms with van der Waals surface area (Å²) in [5.74, 6) is -0.553. The molecule has 1 atom stereocenters. The number of benzene rings is 2. The van der Waals surface area contributed by atoms with E-state index in [1.165, 1.54) is 10.7 Å². The topological polar surface area (TPSA) is 142 Å². The highest BCUT2D eigenvalue weighted by molar-refractivity contribution is 6.04. The summed E-state index contributed by atoms with van der Waals surface area (Å²) in [4.78, 5) is 44.9. The highest BCUT2D eigenvalue weighted by Crippen LogP contribution is 2.25. The Morgan fingerprint density at radius 3 is 2.63 bits per heavy atom. The minimum atomic E-state index is -0.612. The first-order valence-electron chi connectivity index (χ1n) is 13.0. The second-order valence-corrected chi connectivity index (χ2v) is 9.77. The molecular formula is C30H26N8O3. The number of amides is 1. The molecule has 1 amide bonds. The van der Waals surface area contributed by atoms with Crippen LogP contribution in [0.3, 0.4) is 0 Å². The molecule has 0 saturated carbocycles. The summed E-state index contributed by atoms with van der Waals surface area (Å²) in [5.41, 5.74) is 8.53. The third kappa shape index (κ3) is 4.63. The summed E-state index contributed by atoms with van der Waals surface area (Å²) in [5, 5.41) is 12.3. The van der Waals surface area contributed by atoms with E-state index in [-0.39, 0.29) is 29.1 Å². The Balaban J connectivity index is 1.45. The second kappa shape index (κ2) is 10.2. The fourth-order valence-corrected chi connectivity index (χ4v) is 5.07. The van der Waals surface area contributed by atoms with Gasteiger partial charge in [-0.1, -0.05) is 36.4 Å². The summed E-state index contributed by atoms with van der Waals surface area (Å²) in [6, 6.07) is 17.6. The van der Waals surface area contributed by atoms with Gasteiger partial charge in [0.05, 0.1) is 23.2 Å². The molecule has 0 bridgehead atoms. The molecule has 0 spiro atoms. The fraction of sp³-hybridized carbons (Fsp3) is 0.133. The van der Waals surface area contributed by atoms with E-state index >= 15 is 0 Å². The van der Waals surface area contributed by atoms with Crippen LogP contribution in [0.2, 0.25) is 0 Å². The Morgan fingerprint density at radius 2 is 1.88 bits per heavy atom. The van der Waals surface area contributed by atoms with Crippen molar-refractivity contribution in [3.8, 4) is 5.69 Å². The minimum absolute atomic E-state index is 0.0414. The molecule has 0 saturated heterocycles. The Morgan fingerprint density at radius 1 is 1.07 bits per heavy atom. The van der Waals surface area contributed by atoms with Gasteiger partial charge in [-0.25, -0.2) is 9.50 Å². The molecule has 3 N–H and O–H groups in total. The van der Waals surface area contributed by atoms with Gasteiger partial charge in [0.2, 0.25) is 0 Å². The van der Waals surface area contributed by atoms with E-state index in [4.69, 9.17) is 5.73 Å². The van der Waals surface area contributed by atoms with Crippen LogP contribution < -0.4 is 16.6 Å². The zero-order valence-corrected chi connectivity index (χ0v) is 22.4. The number of fused-ring (bicyclic) bond motifs is 2. The highest BCUT2D eigenvalue weighted by atomic mass is 16.2. The first-order valence-corrected chi connectivity index (χ1v) is 13.0. The standard InChI is InChI=1S/C30H26N8O3/c1-18(34-29(40)26-27(31)35-37-13-7-12-32-28(26)37)23-14-19-8-6-9-20(15-24(39)21-16-33-36(2)17-21)25(19)30(41)38(23)22-10-4-3-5-11-22/h3-14,16-18H,15H2,1-2H3,(H2,31,35)(H,34,40)/t18-/m1/s1. The van der Waals surface area contributed by atoms with Gasteiger partial charge in [-0.2, -0.15) is 5.10 Å². The van der Waals surface area contributed by atoms with Gasteiger partial charge < -0.3 is 11.1 Å². The number of carbonyl (C=O) groups excluding carboxylic acids is 2. The molecule has 0 radical (unpaired) electrons. The van der Waals surface area contributed by atoms with Crippen LogP contribution in [0, 0.1) is 0 Å². The molecule has 11 heteroatoms. The normalized spacial score (nSPS) is 12.0. The maximum absolute atomic E-state index is 14.2. The Hall–Kier alpha value is -5.58. The van der Waals surface area contributed by atoms with Crippen molar-refractivity contribution in [1.29, 1.82) is 0 Å². The van der Waals surface area contributed by atoms with Crippen LogP contribution in [0.25, 0.3) is 22.1 Å². The zero-order valence-electron chi connectivity index (χ0n) is 22.4. The predicted molar refractivity (Wildman–Crippen MR) is 154 cm³/mol. The van der Waals surface area contributed by atoms with E-state index in [0.717, 1.165) is 0 Å². The van der Waals surface area contributed by atoms with Gasteiger partial charge >= 0.3 is 0 Å². The van der Waals surface area contributed by atoms with E-state index in [1.807, 2.05) is 48.5 Å². The summed E-state index contributed by atoms with van der Waals surface area (Å²) in [6.45, 7) is 1.79. The number of ketones is 1. The molecule has 0 unspecified atom stereocenters. The molecule has 204 valence electrons. The molecule has 6 aromatic rings. The van der Waals surface area contributed by atoms with Gasteiger partial charge in [-0.15, -0.1) is 5.10 Å². The van der Waals surface area contributed by atoms with Crippen molar-refractivity contribution in [1.82, 2.24) is 34.3 Å². The van der Waals surface area contributed by atoms with Crippen LogP contribution in [-0.4, -0.2) is 40.6 Å². The lowest BCUT2D eigenvalue weighted by Crippen LogP contribution is -2.32. The van der Waals surface area contributed by atoms with E-state index in [0.29, 0.717) is 38.9 Å². The number of Topliss-reactive ketones (excluding diaryl/α,β-unsaturated/α-hetero) is 1. The summed E-state index contributed by atoms with van der Waals surface area (Å²) in [6.07, 6.45) is 6.43. The lowest BCUT2D eigenvalue weighted by molar-refractivity contribution is 0.0939. The number of nitrogens with two attached hydrogens (primary N) is 1. The van der Waals surface area contributed by atoms with Gasteiger partial charge in [0.25, 0.3) is 11.5 Å². The third-order valence-electron chi connectivity index (χ3n) is 6.99. The van der Waals surface area contributed by atoms with E-state index < -0.39 is 11.9 Å². The van der Waals surface area contributed by atoms with Crippen molar-refractivity contribution in [2.45, 2.75) is 19.4 Å². The maximum Gasteiger partial charge on any atom is 0.263 e. The summed E-state index contributed by atoms with van der Waals surface area (Å²) in [7, 11) is 1.75. The third-order valence-corrected chi connectivity index (χ3v) is 6.99. The number of hydrogen-bond donors (Lipinski definition) is 2. The zero-order chi connectivity index (χ0) is 28.7. The SMILES string of the molecule is C[C@@H](NC(=O)c1c(N)nn2cccnc12)c1cc2cccc(CC(=O)c3cnn(C)c3)c2c(=O)n1-c1ccccc1. The second-order valence-electron chi connectivity index (χ2n) is 9.77. The number of aryl methyl sites for hydroxylation is 1. The van der Waals surface area contributed by atoms with Crippen molar-refractivity contribution in [3.63, 3.8) is 0 Å². The monoisotopic (exact) mass is 546 g/mol. The average molecular weight is 547 g/mol. The Bertz CT molecular complexity index is 2010. The van der Waals surface area contributed by atoms with Crippen molar-refractivity contribution < 1.29 is 9.59 Å². The molecule has 0 aliphatic rings. The molecule has 0 aliphatic carbocycles. The van der Waals surface area contributed by atoms with Gasteiger partial charge in [0, 0.05) is 43.4 Å². The lowest BCUT2D eigenvalue weighted by atomic mass is 9.98. The van der Waals surface area contributed by atoms with Crippen molar-refractivity contribution in [3.05, 3.63) is 118 Å². The molecule has 6 rings (SSSR count). The van der Waals surface area contributed by atoms with Crippen LogP contribution in [0.1, 0.15) is 44.9 Å². The van der Waals surface area contributed by atoms with Gasteiger partial charge in [-0.3, -0.25) is 23.6 Å². The number of rotatable bonds is 7. The van der Waals surface area contributed by atoms with Crippen LogP contribution in [-0.2, 0) is 13.5 Å². The smallest absolute Gasteiger partial charge is 0.263 e. The number of para-hydroxylation sites is 1. The molecule has 4 heterocycles. The Labute approximate surface area is 233 Å². The molecule has 0 fully saturated rings. The number of nitrogens with zero attached hydrogens (tertiary/aromatic N) is 6. The molecule has 4 aromatic heterocycles. The minimum Gasteiger partial charge on any atom is -0.381 e. The molecule has 41 heavy (non-hydrogen) atoms. The number of hydrogen-bond acceptors (Lipinski definition) is 7. The maximum atomic E-state index is 14.2. The highest BCUT2D eigenvalue weighted by Gasteiger charge is 2.24. The van der Waals surface area contributed by atoms with E-state index in [9.17, 15) is 14.4 Å². The van der Waals surface area contributed by atoms with Gasteiger partial charge in [0.15, 0.2) is 17.2 Å². The van der Waals surface area contributed by atoms with Crippen LogP contribution in [0.15, 0.2) is 90.2 Å². The summed E-state index contributed by atoms with van der Waals surface area (Å²) >= 11 is 0. The molecule has 0 aliphatic heterocycles. The van der Waals surface area contributed by atoms with Gasteiger partial charge in [0.1, 0.15) is 5.56 Å². The lowest BCUT2D eigenvalue weighted by Gasteiger charge is -2.21. The Kier molecular flexibility index (Phi) is 6.38. The first-order chi connectivity index (χ1) is 19.8. The fourth-order valence-electron chi connectivity index (χ4n) is 5.07. The number of aromatic nitrogens is 6. The van der Waals surface area contributed by atoms with Crippen molar-refractivity contribution >= 4 is 33.9 Å². The largest absolute Gasteiger partial charge is 0.381 e. The first kappa shape index (κ1) is 25.7. The van der Waals surface area contributed by atoms with Crippen LogP contribution in [0.5, 0.6) is 0 Å². The summed E-state index contributed by atoms with van der Waals surface area (Å²) < 4.78 is 4.58. The van der Waals surface area contributed by atoms with Crippen molar-refractivity contribution in [2.24, 2.45) is 7.05 Å².